The number of imidazole rings is 1. The summed E-state index contributed by atoms with van der Waals surface area (Å²) in [6, 6.07) is 32.3. The molecule has 0 saturated heterocycles. The van der Waals surface area contributed by atoms with Gasteiger partial charge in [-0.25, -0.2) is 4.98 Å². The van der Waals surface area contributed by atoms with Crippen molar-refractivity contribution < 1.29 is 0 Å². The van der Waals surface area contributed by atoms with Gasteiger partial charge in [-0.05, 0) is 30.8 Å². The number of hydrogen-bond acceptors (Lipinski definition) is 1. The highest BCUT2D eigenvalue weighted by Crippen LogP contribution is 2.32. The second-order valence-electron chi connectivity index (χ2n) is 6.21. The molecule has 0 aliphatic heterocycles. The van der Waals surface area contributed by atoms with Crippen LogP contribution < -0.4 is 15.9 Å². The third kappa shape index (κ3) is 5.39. The zero-order valence-electron chi connectivity index (χ0n) is 15.8. The predicted molar refractivity (Wildman–Crippen MR) is 118 cm³/mol. The zero-order chi connectivity index (χ0) is 18.9. The first kappa shape index (κ1) is 19.1. The molecule has 4 rings (SSSR count). The Labute approximate surface area is 163 Å². The summed E-state index contributed by atoms with van der Waals surface area (Å²) in [5, 5.41) is 4.19. The van der Waals surface area contributed by atoms with Crippen LogP contribution in [-0.2, 0) is 6.42 Å². The van der Waals surface area contributed by atoms with Crippen molar-refractivity contribution in [3.63, 3.8) is 0 Å². The normalized spacial score (nSPS) is 10.3. The number of rotatable bonds is 4. The van der Waals surface area contributed by atoms with Gasteiger partial charge in [0.25, 0.3) is 0 Å². The Bertz CT molecular complexity index is 824. The first-order valence-corrected chi connectivity index (χ1v) is 10.6. The Morgan fingerprint density at radius 2 is 1.11 bits per heavy atom. The topological polar surface area (TPSA) is 28.7 Å². The number of nitrogens with zero attached hydrogens (tertiary/aromatic N) is 1. The molecule has 0 bridgehead atoms. The van der Waals surface area contributed by atoms with Gasteiger partial charge in [-0.2, -0.15) is 0 Å². The standard InChI is InChI=1S/C18H15P.C6H10N2/c1-4-10-16(11-5-1)19(17-12-6-2-7-13-17)18-14-8-3-9-15-18;1-3-6-7-4-5(2)8-6/h1-15H;4H,3H2,1-2H3,(H,7,8). The second kappa shape index (κ2) is 9.85. The van der Waals surface area contributed by atoms with Gasteiger partial charge in [0.15, 0.2) is 0 Å². The van der Waals surface area contributed by atoms with E-state index >= 15 is 0 Å². The fourth-order valence-electron chi connectivity index (χ4n) is 2.82. The lowest BCUT2D eigenvalue weighted by molar-refractivity contribution is 0.982. The van der Waals surface area contributed by atoms with Crippen LogP contribution in [0.15, 0.2) is 97.2 Å². The van der Waals surface area contributed by atoms with E-state index in [1.54, 1.807) is 0 Å². The van der Waals surface area contributed by atoms with E-state index in [2.05, 4.69) is 108 Å². The molecule has 0 saturated carbocycles. The second-order valence-corrected chi connectivity index (χ2v) is 8.43. The maximum absolute atomic E-state index is 4.08. The highest BCUT2D eigenvalue weighted by molar-refractivity contribution is 7.79. The zero-order valence-corrected chi connectivity index (χ0v) is 16.7. The number of H-pyrrole nitrogens is 1. The number of benzene rings is 3. The molecule has 0 unspecified atom stereocenters. The lowest BCUT2D eigenvalue weighted by atomic mass is 10.4. The average molecular weight is 372 g/mol. The Morgan fingerprint density at radius 1 is 0.704 bits per heavy atom. The van der Waals surface area contributed by atoms with Crippen LogP contribution in [0, 0.1) is 6.92 Å². The molecule has 0 aliphatic carbocycles. The summed E-state index contributed by atoms with van der Waals surface area (Å²) in [7, 11) is -0.446. The number of nitrogens with one attached hydrogen (secondary N) is 1. The van der Waals surface area contributed by atoms with Crippen molar-refractivity contribution in [2.45, 2.75) is 20.3 Å². The number of aromatic nitrogens is 2. The lowest BCUT2D eigenvalue weighted by Crippen LogP contribution is -2.20. The van der Waals surface area contributed by atoms with Gasteiger partial charge in [-0.1, -0.05) is 97.9 Å². The van der Waals surface area contributed by atoms with Crippen molar-refractivity contribution in [2.75, 3.05) is 0 Å². The van der Waals surface area contributed by atoms with E-state index < -0.39 is 7.92 Å². The van der Waals surface area contributed by atoms with E-state index in [-0.39, 0.29) is 0 Å². The summed E-state index contributed by atoms with van der Waals surface area (Å²) in [5.41, 5.74) is 1.14. The molecule has 136 valence electrons. The minimum absolute atomic E-state index is 0.446. The Kier molecular flexibility index (Phi) is 6.96. The van der Waals surface area contributed by atoms with E-state index in [0.717, 1.165) is 17.9 Å². The quantitative estimate of drug-likeness (QED) is 0.516. The molecule has 1 N–H and O–H groups in total. The van der Waals surface area contributed by atoms with Gasteiger partial charge >= 0.3 is 0 Å². The highest BCUT2D eigenvalue weighted by atomic mass is 31.1. The molecule has 0 aliphatic rings. The molecule has 3 aromatic carbocycles. The molecule has 0 radical (unpaired) electrons. The molecule has 2 nitrogen and oxygen atoms in total. The van der Waals surface area contributed by atoms with E-state index in [9.17, 15) is 0 Å². The van der Waals surface area contributed by atoms with Gasteiger partial charge in [0.2, 0.25) is 0 Å². The maximum Gasteiger partial charge on any atom is 0.105 e. The van der Waals surface area contributed by atoms with E-state index in [0.29, 0.717) is 0 Å². The summed E-state index contributed by atoms with van der Waals surface area (Å²) in [5.74, 6) is 1.07. The van der Waals surface area contributed by atoms with Crippen molar-refractivity contribution in [3.8, 4) is 0 Å². The molecule has 0 fully saturated rings. The largest absolute Gasteiger partial charge is 0.346 e. The molecule has 27 heavy (non-hydrogen) atoms. The van der Waals surface area contributed by atoms with Crippen molar-refractivity contribution in [1.29, 1.82) is 0 Å². The lowest BCUT2D eigenvalue weighted by Gasteiger charge is -2.18. The average Bonchev–Trinajstić information content (AvgIpc) is 3.17. The Hall–Kier alpha value is -2.70. The number of hydrogen-bond donors (Lipinski definition) is 1. The van der Waals surface area contributed by atoms with E-state index in [4.69, 9.17) is 0 Å². The van der Waals surface area contributed by atoms with Gasteiger partial charge in [0, 0.05) is 18.3 Å². The third-order valence-electron chi connectivity index (χ3n) is 4.13. The van der Waals surface area contributed by atoms with Crippen LogP contribution in [0.5, 0.6) is 0 Å². The summed E-state index contributed by atoms with van der Waals surface area (Å²) in [6.07, 6.45) is 2.84. The van der Waals surface area contributed by atoms with E-state index in [1.807, 2.05) is 13.1 Å². The molecule has 1 heterocycles. The highest BCUT2D eigenvalue weighted by Gasteiger charge is 2.14. The monoisotopic (exact) mass is 372 g/mol. The summed E-state index contributed by atoms with van der Waals surface area (Å²) in [4.78, 5) is 7.19. The number of aryl methyl sites for hydroxylation is 2. The van der Waals surface area contributed by atoms with Crippen molar-refractivity contribution in [1.82, 2.24) is 9.97 Å². The SMILES string of the molecule is CCc1ncc(C)[nH]1.c1ccc(P(c2ccccc2)c2ccccc2)cc1. The smallest absolute Gasteiger partial charge is 0.105 e. The fraction of sp³-hybridized carbons (Fsp3) is 0.125. The maximum atomic E-state index is 4.08. The summed E-state index contributed by atoms with van der Waals surface area (Å²) >= 11 is 0. The molecule has 4 aromatic rings. The van der Waals surface area contributed by atoms with E-state index in [1.165, 1.54) is 15.9 Å². The molecule has 0 amide bonds. The third-order valence-corrected chi connectivity index (χ3v) is 6.58. The number of aromatic amines is 1. The summed E-state index contributed by atoms with van der Waals surface area (Å²) < 4.78 is 0. The van der Waals surface area contributed by atoms with Crippen LogP contribution in [0.1, 0.15) is 18.4 Å². The Balaban J connectivity index is 0.000000221. The van der Waals surface area contributed by atoms with Gasteiger partial charge in [0.05, 0.1) is 0 Å². The molecule has 0 atom stereocenters. The molecular formula is C24H25N2P. The van der Waals surface area contributed by atoms with Crippen molar-refractivity contribution in [3.05, 3.63) is 109 Å². The minimum atomic E-state index is -0.446. The van der Waals surface area contributed by atoms with Crippen LogP contribution in [0.25, 0.3) is 0 Å². The summed E-state index contributed by atoms with van der Waals surface area (Å²) in [6.45, 7) is 4.09. The first-order chi connectivity index (χ1) is 13.3. The molecular weight excluding hydrogens is 347 g/mol. The van der Waals surface area contributed by atoms with Gasteiger partial charge < -0.3 is 4.98 Å². The van der Waals surface area contributed by atoms with Crippen LogP contribution >= 0.6 is 7.92 Å². The van der Waals surface area contributed by atoms with Crippen LogP contribution in [-0.4, -0.2) is 9.97 Å². The van der Waals surface area contributed by atoms with Crippen LogP contribution in [0.4, 0.5) is 0 Å². The van der Waals surface area contributed by atoms with Crippen LogP contribution in [0.3, 0.4) is 0 Å². The predicted octanol–water partition coefficient (Wildman–Crippen LogP) is 4.73. The van der Waals surface area contributed by atoms with Crippen LogP contribution in [0.2, 0.25) is 0 Å². The fourth-order valence-corrected chi connectivity index (χ4v) is 5.13. The van der Waals surface area contributed by atoms with Crippen molar-refractivity contribution >= 4 is 23.8 Å². The molecule has 1 aromatic heterocycles. The minimum Gasteiger partial charge on any atom is -0.346 e. The van der Waals surface area contributed by atoms with Gasteiger partial charge in [-0.15, -0.1) is 0 Å². The molecule has 3 heteroatoms. The molecule has 0 spiro atoms. The van der Waals surface area contributed by atoms with Crippen molar-refractivity contribution in [2.24, 2.45) is 0 Å². The van der Waals surface area contributed by atoms with Gasteiger partial charge in [0.1, 0.15) is 5.82 Å². The van der Waals surface area contributed by atoms with Gasteiger partial charge in [-0.3, -0.25) is 0 Å². The first-order valence-electron chi connectivity index (χ1n) is 9.23. The Morgan fingerprint density at radius 3 is 1.37 bits per heavy atom.